The van der Waals surface area contributed by atoms with Gasteiger partial charge in [0.1, 0.15) is 5.57 Å². The van der Waals surface area contributed by atoms with Gasteiger partial charge in [-0.25, -0.2) is 0 Å². The third kappa shape index (κ3) is 3.22. The van der Waals surface area contributed by atoms with Crippen molar-refractivity contribution in [3.63, 3.8) is 0 Å². The maximum atomic E-state index is 12.4. The monoisotopic (exact) mass is 368 g/mol. The van der Waals surface area contributed by atoms with Gasteiger partial charge in [0.15, 0.2) is 16.6 Å². The molecule has 2 amide bonds. The van der Waals surface area contributed by atoms with E-state index in [4.69, 9.17) is 33.3 Å². The summed E-state index contributed by atoms with van der Waals surface area (Å²) in [6, 6.07) is 3.21. The lowest BCUT2D eigenvalue weighted by Gasteiger charge is -2.31. The van der Waals surface area contributed by atoms with E-state index in [0.29, 0.717) is 28.7 Å². The zero-order valence-electron chi connectivity index (χ0n) is 13.8. The summed E-state index contributed by atoms with van der Waals surface area (Å²) >= 11 is 11.3. The molecule has 0 aromatic heterocycles. The van der Waals surface area contributed by atoms with E-state index < -0.39 is 11.8 Å². The van der Waals surface area contributed by atoms with E-state index in [0.717, 1.165) is 0 Å². The number of ether oxygens (including phenoxy) is 2. The Morgan fingerprint density at radius 1 is 1.17 bits per heavy atom. The van der Waals surface area contributed by atoms with Gasteiger partial charge in [-0.15, -0.1) is 0 Å². The number of amides is 2. The van der Waals surface area contributed by atoms with Crippen LogP contribution in [0.5, 0.6) is 11.5 Å². The number of likely N-dealkylation sites (N-methyl/N-ethyl adjacent to an activating group) is 2. The van der Waals surface area contributed by atoms with E-state index in [2.05, 4.69) is 0 Å². The lowest BCUT2D eigenvalue weighted by molar-refractivity contribution is -0.132. The molecule has 2 rings (SSSR count). The summed E-state index contributed by atoms with van der Waals surface area (Å²) in [4.78, 5) is 27.2. The van der Waals surface area contributed by atoms with E-state index in [1.807, 2.05) is 6.92 Å². The molecule has 128 valence electrons. The van der Waals surface area contributed by atoms with Gasteiger partial charge in [-0.05, 0) is 36.8 Å². The summed E-state index contributed by atoms with van der Waals surface area (Å²) in [5, 5.41) is 0.486. The number of carbonyl (C=O) groups excluding carboxylic acids is 2. The number of methoxy groups -OCH3 is 1. The number of halogens is 1. The van der Waals surface area contributed by atoms with Crippen LogP contribution in [0.15, 0.2) is 17.7 Å². The maximum Gasteiger partial charge on any atom is 0.265 e. The third-order valence-electron chi connectivity index (χ3n) is 3.53. The maximum absolute atomic E-state index is 12.4. The van der Waals surface area contributed by atoms with Gasteiger partial charge in [-0.1, -0.05) is 11.6 Å². The number of hydrogen-bond donors (Lipinski definition) is 0. The fourth-order valence-corrected chi connectivity index (χ4v) is 2.59. The smallest absolute Gasteiger partial charge is 0.265 e. The molecular formula is C16H17ClN2O4S. The standard InChI is InChI=1S/C16H17ClN2O4S/c1-5-23-13-7-9(11(17)8-12(13)22-4)6-10-14(20)18(2)16(24)19(3)15(10)21/h6-8H,5H2,1-4H3. The second-order valence-corrected chi connectivity index (χ2v) is 5.80. The Morgan fingerprint density at radius 2 is 1.75 bits per heavy atom. The third-order valence-corrected chi connectivity index (χ3v) is 4.40. The first-order valence-corrected chi connectivity index (χ1v) is 7.92. The van der Waals surface area contributed by atoms with Gasteiger partial charge in [0.05, 0.1) is 18.7 Å². The zero-order valence-corrected chi connectivity index (χ0v) is 15.3. The molecule has 1 saturated heterocycles. The second kappa shape index (κ2) is 7.19. The van der Waals surface area contributed by atoms with Gasteiger partial charge in [0, 0.05) is 20.2 Å². The van der Waals surface area contributed by atoms with Crippen LogP contribution >= 0.6 is 23.8 Å². The molecule has 8 heteroatoms. The summed E-state index contributed by atoms with van der Waals surface area (Å²) in [6.45, 7) is 2.27. The van der Waals surface area contributed by atoms with Gasteiger partial charge in [-0.2, -0.15) is 0 Å². The summed E-state index contributed by atoms with van der Waals surface area (Å²) < 4.78 is 10.7. The molecule has 0 spiro atoms. The van der Waals surface area contributed by atoms with E-state index in [-0.39, 0.29) is 10.7 Å². The first-order chi connectivity index (χ1) is 11.3. The van der Waals surface area contributed by atoms with Crippen molar-refractivity contribution in [2.24, 2.45) is 0 Å². The molecule has 1 aliphatic rings. The predicted octanol–water partition coefficient (Wildman–Crippen LogP) is 2.35. The van der Waals surface area contributed by atoms with Gasteiger partial charge in [0.25, 0.3) is 11.8 Å². The number of hydrogen-bond acceptors (Lipinski definition) is 5. The lowest BCUT2D eigenvalue weighted by atomic mass is 10.1. The Morgan fingerprint density at radius 3 is 2.25 bits per heavy atom. The van der Waals surface area contributed by atoms with Crippen molar-refractivity contribution in [1.82, 2.24) is 9.80 Å². The first kappa shape index (κ1) is 18.2. The quantitative estimate of drug-likeness (QED) is 0.464. The minimum atomic E-state index is -0.479. The van der Waals surface area contributed by atoms with E-state index in [1.54, 1.807) is 12.1 Å². The van der Waals surface area contributed by atoms with Crippen LogP contribution in [0.25, 0.3) is 6.08 Å². The topological polar surface area (TPSA) is 59.1 Å². The molecule has 0 aliphatic carbocycles. The SMILES string of the molecule is CCOc1cc(C=C2C(=O)N(C)C(=S)N(C)C2=O)c(Cl)cc1OC. The zero-order chi connectivity index (χ0) is 18.0. The lowest BCUT2D eigenvalue weighted by Crippen LogP contribution is -2.52. The largest absolute Gasteiger partial charge is 0.493 e. The van der Waals surface area contributed by atoms with Gasteiger partial charge < -0.3 is 9.47 Å². The van der Waals surface area contributed by atoms with Crippen LogP contribution in [0.4, 0.5) is 0 Å². The Bertz CT molecular complexity index is 722. The van der Waals surface area contributed by atoms with Gasteiger partial charge in [0.2, 0.25) is 0 Å². The predicted molar refractivity (Wildman–Crippen MR) is 95.3 cm³/mol. The molecule has 0 radical (unpaired) electrons. The molecule has 0 saturated carbocycles. The molecular weight excluding hydrogens is 352 g/mol. The van der Waals surface area contributed by atoms with Crippen molar-refractivity contribution in [2.45, 2.75) is 6.92 Å². The molecule has 1 aliphatic heterocycles. The molecule has 1 aromatic rings. The number of thiocarbonyl (C=S) groups is 1. The molecule has 1 heterocycles. The van der Waals surface area contributed by atoms with Crippen LogP contribution in [-0.4, -0.2) is 54.5 Å². The molecule has 1 fully saturated rings. The van der Waals surface area contributed by atoms with E-state index >= 15 is 0 Å². The highest BCUT2D eigenvalue weighted by molar-refractivity contribution is 7.80. The molecule has 1 aromatic carbocycles. The van der Waals surface area contributed by atoms with Crippen molar-refractivity contribution in [3.8, 4) is 11.5 Å². The molecule has 0 atom stereocenters. The number of benzene rings is 1. The van der Waals surface area contributed by atoms with Gasteiger partial charge >= 0.3 is 0 Å². The van der Waals surface area contributed by atoms with Crippen LogP contribution < -0.4 is 9.47 Å². The van der Waals surface area contributed by atoms with Crippen molar-refractivity contribution in [3.05, 3.63) is 28.3 Å². The fraction of sp³-hybridized carbons (Fsp3) is 0.312. The highest BCUT2D eigenvalue weighted by atomic mass is 35.5. The molecule has 0 N–H and O–H groups in total. The van der Waals surface area contributed by atoms with E-state index in [1.165, 1.54) is 37.1 Å². The van der Waals surface area contributed by atoms with Crippen molar-refractivity contribution in [1.29, 1.82) is 0 Å². The van der Waals surface area contributed by atoms with E-state index in [9.17, 15) is 9.59 Å². The van der Waals surface area contributed by atoms with Crippen LogP contribution in [-0.2, 0) is 9.59 Å². The highest BCUT2D eigenvalue weighted by Crippen LogP contribution is 2.35. The summed E-state index contributed by atoms with van der Waals surface area (Å²) in [6.07, 6.45) is 1.43. The number of rotatable bonds is 4. The fourth-order valence-electron chi connectivity index (χ4n) is 2.22. The minimum absolute atomic E-state index is 0.0249. The van der Waals surface area contributed by atoms with Gasteiger partial charge in [-0.3, -0.25) is 19.4 Å². The average molecular weight is 369 g/mol. The van der Waals surface area contributed by atoms with Crippen LogP contribution in [0.1, 0.15) is 12.5 Å². The summed E-state index contributed by atoms with van der Waals surface area (Å²) in [5.41, 5.74) is 0.454. The summed E-state index contributed by atoms with van der Waals surface area (Å²) in [7, 11) is 4.54. The van der Waals surface area contributed by atoms with Crippen LogP contribution in [0.2, 0.25) is 5.02 Å². The molecule has 6 nitrogen and oxygen atoms in total. The Kier molecular flexibility index (Phi) is 5.46. The van der Waals surface area contributed by atoms with Crippen molar-refractivity contribution in [2.75, 3.05) is 27.8 Å². The average Bonchev–Trinajstić information content (AvgIpc) is 2.57. The molecule has 0 bridgehead atoms. The van der Waals surface area contributed by atoms with Crippen LogP contribution in [0, 0.1) is 0 Å². The normalized spacial score (nSPS) is 15.0. The Hall–Kier alpha value is -2.12. The molecule has 24 heavy (non-hydrogen) atoms. The van der Waals surface area contributed by atoms with Crippen molar-refractivity contribution < 1.29 is 19.1 Å². The Balaban J connectivity index is 2.53. The second-order valence-electron chi connectivity index (χ2n) is 5.03. The van der Waals surface area contributed by atoms with Crippen LogP contribution in [0.3, 0.4) is 0 Å². The Labute approximate surface area is 150 Å². The number of carbonyl (C=O) groups is 2. The first-order valence-electron chi connectivity index (χ1n) is 7.13. The number of nitrogens with zero attached hydrogens (tertiary/aromatic N) is 2. The summed E-state index contributed by atoms with van der Waals surface area (Å²) in [5.74, 6) is -0.00853. The van der Waals surface area contributed by atoms with Crippen molar-refractivity contribution >= 4 is 46.8 Å². The minimum Gasteiger partial charge on any atom is -0.493 e. The highest BCUT2D eigenvalue weighted by Gasteiger charge is 2.35. The molecule has 0 unspecified atom stereocenters.